The fraction of sp³-hybridized carbons (Fsp3) is 0.167. The highest BCUT2D eigenvalue weighted by Gasteiger charge is 2.08. The third kappa shape index (κ3) is 2.94. The molecule has 1 heterocycles. The summed E-state index contributed by atoms with van der Waals surface area (Å²) in [5, 5.41) is 8.31. The van der Waals surface area contributed by atoms with E-state index < -0.39 is 0 Å². The van der Waals surface area contributed by atoms with Crippen molar-refractivity contribution in [2.45, 2.75) is 0 Å². The number of hydrogen-bond acceptors (Lipinski definition) is 6. The van der Waals surface area contributed by atoms with Crippen LogP contribution in [0.2, 0.25) is 0 Å². The highest BCUT2D eigenvalue weighted by molar-refractivity contribution is 7.20. The van der Waals surface area contributed by atoms with Crippen molar-refractivity contribution in [3.8, 4) is 11.5 Å². The van der Waals surface area contributed by atoms with Crippen LogP contribution in [0.25, 0.3) is 10.1 Å². The molecule has 19 heavy (non-hydrogen) atoms. The van der Waals surface area contributed by atoms with Gasteiger partial charge in [0.15, 0.2) is 11.5 Å². The van der Waals surface area contributed by atoms with Gasteiger partial charge >= 0.3 is 0 Å². The van der Waals surface area contributed by atoms with E-state index in [9.17, 15) is 0 Å². The van der Waals surface area contributed by atoms with Crippen molar-refractivity contribution in [2.24, 2.45) is 16.0 Å². The van der Waals surface area contributed by atoms with Gasteiger partial charge < -0.3 is 15.3 Å². The number of hydrazone groups is 2. The van der Waals surface area contributed by atoms with Crippen LogP contribution in [-0.4, -0.2) is 26.8 Å². The zero-order valence-electron chi connectivity index (χ0n) is 10.6. The van der Waals surface area contributed by atoms with E-state index in [0.29, 0.717) is 11.5 Å². The molecule has 2 rings (SSSR count). The van der Waals surface area contributed by atoms with Gasteiger partial charge in [0.1, 0.15) is 6.34 Å². The summed E-state index contributed by atoms with van der Waals surface area (Å²) in [4.78, 5) is 1.00. The molecule has 0 aliphatic heterocycles. The maximum atomic E-state index is 5.27. The molecule has 0 fully saturated rings. The van der Waals surface area contributed by atoms with Crippen LogP contribution in [0.1, 0.15) is 4.88 Å². The molecule has 0 spiro atoms. The highest BCUT2D eigenvalue weighted by atomic mass is 32.1. The van der Waals surface area contributed by atoms with Gasteiger partial charge in [-0.15, -0.1) is 11.3 Å². The van der Waals surface area contributed by atoms with Gasteiger partial charge in [0.25, 0.3) is 0 Å². The molecule has 1 aromatic carbocycles. The van der Waals surface area contributed by atoms with Crippen LogP contribution < -0.4 is 20.7 Å². The van der Waals surface area contributed by atoms with E-state index in [1.807, 2.05) is 18.2 Å². The Balaban J connectivity index is 2.32. The van der Waals surface area contributed by atoms with E-state index in [1.54, 1.807) is 31.8 Å². The van der Waals surface area contributed by atoms with Crippen molar-refractivity contribution in [3.05, 3.63) is 23.1 Å². The van der Waals surface area contributed by atoms with Gasteiger partial charge in [0, 0.05) is 15.6 Å². The molecule has 0 aliphatic carbocycles. The Hall–Kier alpha value is -2.28. The molecule has 2 aromatic rings. The molecule has 1 aromatic heterocycles. The number of hydrogen-bond donors (Lipinski definition) is 2. The SMILES string of the molecule is COc1cc2cc(C=NNC=NN)sc2cc1OC. The molecule has 0 aliphatic rings. The van der Waals surface area contributed by atoms with E-state index >= 15 is 0 Å². The zero-order chi connectivity index (χ0) is 13.7. The van der Waals surface area contributed by atoms with Crippen LogP contribution in [0, 0.1) is 0 Å². The predicted molar refractivity (Wildman–Crippen MR) is 78.3 cm³/mol. The Labute approximate surface area is 114 Å². The molecule has 0 unspecified atom stereocenters. The second-order valence-electron chi connectivity index (χ2n) is 3.56. The third-order valence-electron chi connectivity index (χ3n) is 2.44. The van der Waals surface area contributed by atoms with Gasteiger partial charge in [-0.1, -0.05) is 0 Å². The van der Waals surface area contributed by atoms with E-state index in [-0.39, 0.29) is 0 Å². The largest absolute Gasteiger partial charge is 0.493 e. The molecule has 0 saturated heterocycles. The van der Waals surface area contributed by atoms with E-state index in [4.69, 9.17) is 15.3 Å². The Morgan fingerprint density at radius 2 is 1.95 bits per heavy atom. The van der Waals surface area contributed by atoms with Gasteiger partial charge in [-0.25, -0.2) is 0 Å². The first-order valence-corrected chi connectivity index (χ1v) is 6.26. The molecule has 0 radical (unpaired) electrons. The number of nitrogens with two attached hydrogens (primary N) is 1. The lowest BCUT2D eigenvalue weighted by Crippen LogP contribution is -2.03. The van der Waals surface area contributed by atoms with Gasteiger partial charge in [0.2, 0.25) is 0 Å². The van der Waals surface area contributed by atoms with Crippen molar-refractivity contribution < 1.29 is 9.47 Å². The fourth-order valence-corrected chi connectivity index (χ4v) is 2.57. The smallest absolute Gasteiger partial charge is 0.162 e. The van der Waals surface area contributed by atoms with Crippen LogP contribution in [0.5, 0.6) is 11.5 Å². The molecule has 6 nitrogen and oxygen atoms in total. The zero-order valence-corrected chi connectivity index (χ0v) is 11.4. The van der Waals surface area contributed by atoms with Crippen molar-refractivity contribution >= 4 is 34.0 Å². The van der Waals surface area contributed by atoms with Crippen LogP contribution in [0.15, 0.2) is 28.4 Å². The number of nitrogens with one attached hydrogen (secondary N) is 1. The van der Waals surface area contributed by atoms with E-state index in [2.05, 4.69) is 15.6 Å². The first-order valence-electron chi connectivity index (χ1n) is 5.44. The summed E-state index contributed by atoms with van der Waals surface area (Å²) in [6.45, 7) is 0. The molecule has 0 saturated carbocycles. The number of ether oxygens (including phenoxy) is 2. The Morgan fingerprint density at radius 1 is 1.21 bits per heavy atom. The quantitative estimate of drug-likeness (QED) is 0.378. The summed E-state index contributed by atoms with van der Waals surface area (Å²) < 4.78 is 11.6. The summed E-state index contributed by atoms with van der Waals surface area (Å²) in [5.41, 5.74) is 2.58. The first kappa shape index (κ1) is 13.2. The summed E-state index contributed by atoms with van der Waals surface area (Å²) in [7, 11) is 3.24. The maximum absolute atomic E-state index is 5.27. The minimum absolute atomic E-state index is 0.713. The highest BCUT2D eigenvalue weighted by Crippen LogP contribution is 2.35. The van der Waals surface area contributed by atoms with E-state index in [1.165, 1.54) is 6.34 Å². The summed E-state index contributed by atoms with van der Waals surface area (Å²) in [5.74, 6) is 6.37. The Morgan fingerprint density at radius 3 is 2.63 bits per heavy atom. The second-order valence-corrected chi connectivity index (χ2v) is 4.67. The van der Waals surface area contributed by atoms with Crippen molar-refractivity contribution in [1.29, 1.82) is 0 Å². The monoisotopic (exact) mass is 278 g/mol. The topological polar surface area (TPSA) is 81.2 Å². The Kier molecular flexibility index (Phi) is 4.19. The van der Waals surface area contributed by atoms with Crippen LogP contribution in [0.4, 0.5) is 0 Å². The molecule has 100 valence electrons. The molecule has 0 amide bonds. The number of nitrogens with zero attached hydrogens (tertiary/aromatic N) is 2. The molecule has 0 atom stereocenters. The minimum atomic E-state index is 0.713. The molecule has 0 bridgehead atoms. The third-order valence-corrected chi connectivity index (χ3v) is 3.47. The molecular weight excluding hydrogens is 264 g/mol. The van der Waals surface area contributed by atoms with Crippen LogP contribution >= 0.6 is 11.3 Å². The summed E-state index contributed by atoms with van der Waals surface area (Å²) in [6, 6.07) is 5.91. The van der Waals surface area contributed by atoms with Gasteiger partial charge in [-0.2, -0.15) is 10.2 Å². The summed E-state index contributed by atoms with van der Waals surface area (Å²) in [6.07, 6.45) is 3.00. The van der Waals surface area contributed by atoms with Crippen molar-refractivity contribution in [3.63, 3.8) is 0 Å². The number of methoxy groups -OCH3 is 2. The van der Waals surface area contributed by atoms with E-state index in [0.717, 1.165) is 15.0 Å². The summed E-state index contributed by atoms with van der Waals surface area (Å²) >= 11 is 1.60. The first-order chi connectivity index (χ1) is 9.28. The average molecular weight is 278 g/mol. The molecule has 7 heteroatoms. The van der Waals surface area contributed by atoms with Crippen LogP contribution in [0.3, 0.4) is 0 Å². The normalized spacial score (nSPS) is 11.5. The fourth-order valence-electron chi connectivity index (χ4n) is 1.62. The maximum Gasteiger partial charge on any atom is 0.162 e. The lowest BCUT2D eigenvalue weighted by molar-refractivity contribution is 0.356. The van der Waals surface area contributed by atoms with Gasteiger partial charge in [-0.3, -0.25) is 5.43 Å². The standard InChI is InChI=1S/C12H14N4O2S/c1-17-10-4-8-3-9(6-15-16-7-14-13)19-12(8)5-11(10)18-2/h3-7H,13H2,1-2H3,(H,14,16). The lowest BCUT2D eigenvalue weighted by atomic mass is 10.2. The van der Waals surface area contributed by atoms with Crippen LogP contribution in [-0.2, 0) is 0 Å². The number of thiophene rings is 1. The predicted octanol–water partition coefficient (Wildman–Crippen LogP) is 1.74. The van der Waals surface area contributed by atoms with Gasteiger partial charge in [0.05, 0.1) is 20.4 Å². The molecular formula is C12H14N4O2S. The second kappa shape index (κ2) is 6.05. The average Bonchev–Trinajstić information content (AvgIpc) is 2.83. The molecule has 3 N–H and O–H groups in total. The van der Waals surface area contributed by atoms with Gasteiger partial charge in [-0.05, 0) is 17.5 Å². The number of benzene rings is 1. The lowest BCUT2D eigenvalue weighted by Gasteiger charge is -2.06. The minimum Gasteiger partial charge on any atom is -0.493 e. The van der Waals surface area contributed by atoms with Crippen molar-refractivity contribution in [2.75, 3.05) is 14.2 Å². The number of rotatable bonds is 5. The number of fused-ring (bicyclic) bond motifs is 1. The Bertz CT molecular complexity index is 580. The van der Waals surface area contributed by atoms with Crippen molar-refractivity contribution in [1.82, 2.24) is 5.43 Å².